The number of ether oxygens (including phenoxy) is 1. The highest BCUT2D eigenvalue weighted by atomic mass is 32.1. The van der Waals surface area contributed by atoms with Crippen molar-refractivity contribution in [3.63, 3.8) is 0 Å². The number of hydrogen-bond donors (Lipinski definition) is 1. The van der Waals surface area contributed by atoms with Crippen molar-refractivity contribution < 1.29 is 31.9 Å². The molecule has 178 valence electrons. The molecule has 0 saturated heterocycles. The molecule has 0 bridgehead atoms. The smallest absolute Gasteiger partial charge is 0.422 e. The first kappa shape index (κ1) is 24.8. The second kappa shape index (κ2) is 10.9. The molecule has 0 unspecified atom stereocenters. The standard InChI is InChI=1S/C22H18F4N4O3S/c1-14(31)30(18-5-3-2-4-17(18)23)21-29-16(12-34-21)6-7-19(32)28-11-15-8-9-27-20(10-15)33-13-22(24,25)26/h2-10,12H,11,13H2,1H3,(H,28,32)/b7-6+. The molecule has 0 fully saturated rings. The third-order valence-electron chi connectivity index (χ3n) is 4.16. The zero-order valence-corrected chi connectivity index (χ0v) is 18.5. The lowest BCUT2D eigenvalue weighted by Crippen LogP contribution is -2.23. The predicted octanol–water partition coefficient (Wildman–Crippen LogP) is 4.63. The summed E-state index contributed by atoms with van der Waals surface area (Å²) in [6.45, 7) is -0.149. The van der Waals surface area contributed by atoms with Gasteiger partial charge in [-0.15, -0.1) is 11.3 Å². The molecule has 34 heavy (non-hydrogen) atoms. The second-order valence-electron chi connectivity index (χ2n) is 6.82. The van der Waals surface area contributed by atoms with Gasteiger partial charge in [-0.2, -0.15) is 13.2 Å². The second-order valence-corrected chi connectivity index (χ2v) is 7.65. The van der Waals surface area contributed by atoms with E-state index in [0.717, 1.165) is 16.2 Å². The topological polar surface area (TPSA) is 84.4 Å². The first-order valence-corrected chi connectivity index (χ1v) is 10.6. The van der Waals surface area contributed by atoms with Crippen molar-refractivity contribution >= 4 is 40.0 Å². The molecular formula is C22H18F4N4O3S. The van der Waals surface area contributed by atoms with Crippen molar-refractivity contribution in [2.24, 2.45) is 0 Å². The average Bonchev–Trinajstić information content (AvgIpc) is 3.24. The van der Waals surface area contributed by atoms with Gasteiger partial charge >= 0.3 is 6.18 Å². The van der Waals surface area contributed by atoms with Gasteiger partial charge in [-0.05, 0) is 29.8 Å². The maximum Gasteiger partial charge on any atom is 0.422 e. The number of nitrogens with one attached hydrogen (secondary N) is 1. The molecule has 0 spiro atoms. The molecule has 12 heteroatoms. The molecule has 3 aromatic rings. The lowest BCUT2D eigenvalue weighted by molar-refractivity contribution is -0.154. The van der Waals surface area contributed by atoms with Gasteiger partial charge in [-0.3, -0.25) is 14.5 Å². The van der Waals surface area contributed by atoms with Crippen LogP contribution in [0.4, 0.5) is 28.4 Å². The van der Waals surface area contributed by atoms with E-state index in [-0.39, 0.29) is 23.2 Å². The number of halogens is 4. The fraction of sp³-hybridized carbons (Fsp3) is 0.182. The number of anilines is 2. The zero-order valence-electron chi connectivity index (χ0n) is 17.7. The summed E-state index contributed by atoms with van der Waals surface area (Å²) in [6, 6.07) is 8.62. The molecule has 0 atom stereocenters. The highest BCUT2D eigenvalue weighted by Crippen LogP contribution is 2.31. The Morgan fingerprint density at radius 2 is 2.00 bits per heavy atom. The number of pyridine rings is 1. The number of thiazole rings is 1. The van der Waals surface area contributed by atoms with Crippen molar-refractivity contribution in [2.75, 3.05) is 11.5 Å². The van der Waals surface area contributed by atoms with Gasteiger partial charge < -0.3 is 10.1 Å². The Hall–Kier alpha value is -3.80. The Morgan fingerprint density at radius 1 is 1.24 bits per heavy atom. The van der Waals surface area contributed by atoms with Crippen molar-refractivity contribution in [3.05, 3.63) is 71.1 Å². The molecule has 0 aliphatic carbocycles. The van der Waals surface area contributed by atoms with E-state index < -0.39 is 30.4 Å². The van der Waals surface area contributed by atoms with E-state index in [0.29, 0.717) is 11.3 Å². The van der Waals surface area contributed by atoms with E-state index >= 15 is 0 Å². The van der Waals surface area contributed by atoms with E-state index in [9.17, 15) is 27.2 Å². The van der Waals surface area contributed by atoms with Gasteiger partial charge in [0, 0.05) is 37.2 Å². The first-order chi connectivity index (χ1) is 16.1. The van der Waals surface area contributed by atoms with E-state index in [1.807, 2.05) is 0 Å². The third-order valence-corrected chi connectivity index (χ3v) is 5.01. The van der Waals surface area contributed by atoms with Crippen LogP contribution in [0.25, 0.3) is 6.08 Å². The van der Waals surface area contributed by atoms with Crippen LogP contribution in [0, 0.1) is 5.82 Å². The average molecular weight is 494 g/mol. The maximum absolute atomic E-state index is 14.1. The van der Waals surface area contributed by atoms with Gasteiger partial charge in [0.1, 0.15) is 5.82 Å². The molecule has 1 N–H and O–H groups in total. The highest BCUT2D eigenvalue weighted by Gasteiger charge is 2.28. The van der Waals surface area contributed by atoms with Crippen LogP contribution in [0.15, 0.2) is 54.1 Å². The number of carbonyl (C=O) groups excluding carboxylic acids is 2. The maximum atomic E-state index is 14.1. The van der Waals surface area contributed by atoms with Crippen LogP contribution >= 0.6 is 11.3 Å². The van der Waals surface area contributed by atoms with Crippen molar-refractivity contribution in [1.82, 2.24) is 15.3 Å². The summed E-state index contributed by atoms with van der Waals surface area (Å²) >= 11 is 1.10. The van der Waals surface area contributed by atoms with Gasteiger partial charge in [-0.1, -0.05) is 12.1 Å². The summed E-state index contributed by atoms with van der Waals surface area (Å²) in [4.78, 5) is 33.3. The Balaban J connectivity index is 1.60. The predicted molar refractivity (Wildman–Crippen MR) is 118 cm³/mol. The van der Waals surface area contributed by atoms with Crippen molar-refractivity contribution in [2.45, 2.75) is 19.6 Å². The minimum Gasteiger partial charge on any atom is -0.468 e. The van der Waals surface area contributed by atoms with Crippen LogP contribution in [0.2, 0.25) is 0 Å². The van der Waals surface area contributed by atoms with E-state index in [4.69, 9.17) is 0 Å². The molecule has 2 amide bonds. The number of benzene rings is 1. The van der Waals surface area contributed by atoms with Crippen LogP contribution < -0.4 is 15.0 Å². The fourth-order valence-corrected chi connectivity index (χ4v) is 3.55. The highest BCUT2D eigenvalue weighted by molar-refractivity contribution is 7.14. The lowest BCUT2D eigenvalue weighted by Gasteiger charge is -2.18. The number of hydrogen-bond acceptors (Lipinski definition) is 6. The van der Waals surface area contributed by atoms with Gasteiger partial charge in [0.05, 0.1) is 11.4 Å². The Morgan fingerprint density at radius 3 is 2.71 bits per heavy atom. The van der Waals surface area contributed by atoms with E-state index in [1.165, 1.54) is 55.6 Å². The van der Waals surface area contributed by atoms with Crippen LogP contribution in [0.1, 0.15) is 18.2 Å². The summed E-state index contributed by atoms with van der Waals surface area (Å²) in [5.41, 5.74) is 0.935. The molecular weight excluding hydrogens is 476 g/mol. The quantitative estimate of drug-likeness (QED) is 0.365. The number of para-hydroxylation sites is 1. The largest absolute Gasteiger partial charge is 0.468 e. The van der Waals surface area contributed by atoms with Gasteiger partial charge in [-0.25, -0.2) is 14.4 Å². The summed E-state index contributed by atoms with van der Waals surface area (Å²) in [6.07, 6.45) is -0.582. The molecule has 3 rings (SSSR count). The molecule has 0 aliphatic rings. The van der Waals surface area contributed by atoms with E-state index in [2.05, 4.69) is 20.0 Å². The van der Waals surface area contributed by atoms with Gasteiger partial charge in [0.25, 0.3) is 0 Å². The number of nitrogens with zero attached hydrogens (tertiary/aromatic N) is 3. The van der Waals surface area contributed by atoms with Gasteiger partial charge in [0.2, 0.25) is 17.7 Å². The summed E-state index contributed by atoms with van der Waals surface area (Å²) < 4.78 is 55.5. The minimum atomic E-state index is -4.48. The molecule has 0 aliphatic heterocycles. The molecule has 0 radical (unpaired) electrons. The monoisotopic (exact) mass is 494 g/mol. The molecule has 2 heterocycles. The summed E-state index contributed by atoms with van der Waals surface area (Å²) in [5, 5.41) is 4.42. The lowest BCUT2D eigenvalue weighted by atomic mass is 10.2. The minimum absolute atomic E-state index is 0.0295. The fourth-order valence-electron chi connectivity index (χ4n) is 2.70. The Kier molecular flexibility index (Phi) is 7.95. The number of alkyl halides is 3. The molecule has 2 aromatic heterocycles. The van der Waals surface area contributed by atoms with Crippen LogP contribution in [-0.2, 0) is 16.1 Å². The zero-order chi connectivity index (χ0) is 24.7. The SMILES string of the molecule is CC(=O)N(c1nc(/C=C/C(=O)NCc2ccnc(OCC(F)(F)F)c2)cs1)c1ccccc1F. The van der Waals surface area contributed by atoms with Gasteiger partial charge in [0.15, 0.2) is 11.7 Å². The third kappa shape index (κ3) is 7.10. The van der Waals surface area contributed by atoms with Crippen molar-refractivity contribution in [3.8, 4) is 5.88 Å². The summed E-state index contributed by atoms with van der Waals surface area (Å²) in [5.74, 6) is -1.70. The number of carbonyl (C=O) groups is 2. The normalized spacial score (nSPS) is 11.4. The molecule has 0 saturated carbocycles. The van der Waals surface area contributed by atoms with Crippen LogP contribution in [-0.4, -0.2) is 34.6 Å². The Labute approximate surface area is 195 Å². The number of amides is 2. The molecule has 1 aromatic carbocycles. The van der Waals surface area contributed by atoms with Crippen LogP contribution in [0.3, 0.4) is 0 Å². The van der Waals surface area contributed by atoms with E-state index in [1.54, 1.807) is 11.4 Å². The molecule has 7 nitrogen and oxygen atoms in total. The first-order valence-electron chi connectivity index (χ1n) is 9.73. The number of rotatable bonds is 8. The summed E-state index contributed by atoms with van der Waals surface area (Å²) in [7, 11) is 0. The van der Waals surface area contributed by atoms with Crippen molar-refractivity contribution in [1.29, 1.82) is 0 Å². The van der Waals surface area contributed by atoms with Crippen LogP contribution in [0.5, 0.6) is 5.88 Å². The Bertz CT molecular complexity index is 1200. The number of aromatic nitrogens is 2.